The Morgan fingerprint density at radius 2 is 1.89 bits per heavy atom. The van der Waals surface area contributed by atoms with Gasteiger partial charge in [-0.05, 0) is 50.7 Å². The van der Waals surface area contributed by atoms with Gasteiger partial charge in [-0.15, -0.1) is 0 Å². The Kier molecular flexibility index (Phi) is 4.38. The highest BCUT2D eigenvalue weighted by atomic mass is 16.1. The van der Waals surface area contributed by atoms with Crippen molar-refractivity contribution < 1.29 is 0 Å². The van der Waals surface area contributed by atoms with E-state index in [2.05, 4.69) is 25.5 Å². The largest absolute Gasteiger partial charge is 0.366 e. The van der Waals surface area contributed by atoms with E-state index in [0.717, 1.165) is 37.2 Å². The van der Waals surface area contributed by atoms with E-state index in [9.17, 15) is 4.79 Å². The summed E-state index contributed by atoms with van der Waals surface area (Å²) in [7, 11) is 0. The van der Waals surface area contributed by atoms with E-state index >= 15 is 0 Å². The summed E-state index contributed by atoms with van der Waals surface area (Å²) in [6.07, 6.45) is 13.2. The molecule has 1 N–H and O–H groups in total. The van der Waals surface area contributed by atoms with Gasteiger partial charge in [-0.3, -0.25) is 9.78 Å². The van der Waals surface area contributed by atoms with Crippen LogP contribution in [-0.2, 0) is 0 Å². The smallest absolute Gasteiger partial charge is 0.267 e. The molecule has 0 aliphatic heterocycles. The Hall–Kier alpha value is -3.03. The molecule has 2 aliphatic carbocycles. The molecule has 3 aromatic rings. The maximum Gasteiger partial charge on any atom is 0.267 e. The maximum absolute atomic E-state index is 12.3. The summed E-state index contributed by atoms with van der Waals surface area (Å²) in [6.45, 7) is 0. The molecule has 3 aromatic heterocycles. The van der Waals surface area contributed by atoms with Crippen molar-refractivity contribution in [3.8, 4) is 5.82 Å². The molecule has 0 unspecified atom stereocenters. The van der Waals surface area contributed by atoms with Crippen molar-refractivity contribution in [2.45, 2.75) is 56.5 Å². The molecule has 0 spiro atoms. The quantitative estimate of drug-likeness (QED) is 0.735. The zero-order valence-corrected chi connectivity index (χ0v) is 15.6. The van der Waals surface area contributed by atoms with Crippen LogP contribution in [-0.4, -0.2) is 35.6 Å². The number of nitrogens with one attached hydrogen (secondary N) is 1. The molecule has 8 nitrogen and oxygen atoms in total. The molecular formula is C20H23N7O. The van der Waals surface area contributed by atoms with Crippen LogP contribution in [0.1, 0.15) is 56.2 Å². The van der Waals surface area contributed by atoms with Crippen molar-refractivity contribution in [2.24, 2.45) is 0 Å². The molecule has 0 aromatic carbocycles. The van der Waals surface area contributed by atoms with Crippen molar-refractivity contribution in [3.63, 3.8) is 0 Å². The van der Waals surface area contributed by atoms with Crippen LogP contribution in [0.15, 0.2) is 47.8 Å². The number of hydrogen-bond acceptors (Lipinski definition) is 6. The lowest BCUT2D eigenvalue weighted by Gasteiger charge is -2.30. The molecule has 0 radical (unpaired) electrons. The zero-order valence-electron chi connectivity index (χ0n) is 15.6. The summed E-state index contributed by atoms with van der Waals surface area (Å²) in [5, 5.41) is 12.3. The van der Waals surface area contributed by atoms with Gasteiger partial charge in [0.05, 0.1) is 24.1 Å². The predicted octanol–water partition coefficient (Wildman–Crippen LogP) is 2.69. The summed E-state index contributed by atoms with van der Waals surface area (Å²) in [6, 6.07) is 5.94. The SMILES string of the molecule is O=c1ccc(C2CC2)nn1C1CCC(Nc2cncc(-n3cccn3)n2)CC1. The molecule has 8 heteroatoms. The Morgan fingerprint density at radius 1 is 1.04 bits per heavy atom. The van der Waals surface area contributed by atoms with Gasteiger partial charge in [0.15, 0.2) is 5.82 Å². The molecular weight excluding hydrogens is 354 g/mol. The van der Waals surface area contributed by atoms with Gasteiger partial charge in [-0.2, -0.15) is 10.2 Å². The highest BCUT2D eigenvalue weighted by Gasteiger charge is 2.28. The van der Waals surface area contributed by atoms with Crippen LogP contribution in [0.25, 0.3) is 5.82 Å². The van der Waals surface area contributed by atoms with Crippen molar-refractivity contribution >= 4 is 5.82 Å². The van der Waals surface area contributed by atoms with Gasteiger partial charge in [0.1, 0.15) is 5.82 Å². The molecule has 2 fully saturated rings. The molecule has 0 saturated heterocycles. The Balaban J connectivity index is 1.24. The second-order valence-electron chi connectivity index (χ2n) is 7.68. The summed E-state index contributed by atoms with van der Waals surface area (Å²) >= 11 is 0. The minimum atomic E-state index is 0.0126. The third-order valence-corrected chi connectivity index (χ3v) is 5.60. The summed E-state index contributed by atoms with van der Waals surface area (Å²) in [5.74, 6) is 2.00. The molecule has 0 bridgehead atoms. The topological polar surface area (TPSA) is 90.5 Å². The van der Waals surface area contributed by atoms with Crippen molar-refractivity contribution in [3.05, 3.63) is 59.0 Å². The van der Waals surface area contributed by atoms with E-state index in [0.29, 0.717) is 17.8 Å². The first kappa shape index (κ1) is 17.1. The first-order valence-electron chi connectivity index (χ1n) is 9.94. The molecule has 2 aliphatic rings. The first-order chi connectivity index (χ1) is 13.8. The van der Waals surface area contributed by atoms with Crippen molar-refractivity contribution in [2.75, 3.05) is 5.32 Å². The Labute approximate surface area is 162 Å². The number of rotatable bonds is 5. The Morgan fingerprint density at radius 3 is 2.64 bits per heavy atom. The van der Waals surface area contributed by atoms with Gasteiger partial charge in [-0.25, -0.2) is 14.3 Å². The second-order valence-corrected chi connectivity index (χ2v) is 7.68. The van der Waals surface area contributed by atoms with Crippen LogP contribution in [0.2, 0.25) is 0 Å². The average molecular weight is 377 g/mol. The van der Waals surface area contributed by atoms with E-state index in [4.69, 9.17) is 0 Å². The van der Waals surface area contributed by atoms with E-state index in [-0.39, 0.29) is 11.6 Å². The highest BCUT2D eigenvalue weighted by Crippen LogP contribution is 2.38. The predicted molar refractivity (Wildman–Crippen MR) is 105 cm³/mol. The molecule has 2 saturated carbocycles. The van der Waals surface area contributed by atoms with Crippen LogP contribution in [0.3, 0.4) is 0 Å². The van der Waals surface area contributed by atoms with Gasteiger partial charge in [-0.1, -0.05) is 0 Å². The maximum atomic E-state index is 12.3. The number of anilines is 1. The van der Waals surface area contributed by atoms with Crippen molar-refractivity contribution in [1.29, 1.82) is 0 Å². The van der Waals surface area contributed by atoms with E-state index < -0.39 is 0 Å². The zero-order chi connectivity index (χ0) is 18.9. The molecule has 0 amide bonds. The van der Waals surface area contributed by atoms with E-state index in [1.807, 2.05) is 18.3 Å². The van der Waals surface area contributed by atoms with Crippen LogP contribution in [0.5, 0.6) is 0 Å². The molecule has 144 valence electrons. The van der Waals surface area contributed by atoms with Crippen LogP contribution in [0.4, 0.5) is 5.82 Å². The monoisotopic (exact) mass is 377 g/mol. The lowest BCUT2D eigenvalue weighted by molar-refractivity contribution is 0.301. The minimum Gasteiger partial charge on any atom is -0.366 e. The van der Waals surface area contributed by atoms with Gasteiger partial charge in [0.2, 0.25) is 0 Å². The highest BCUT2D eigenvalue weighted by molar-refractivity contribution is 5.36. The first-order valence-corrected chi connectivity index (χ1v) is 9.94. The fourth-order valence-electron chi connectivity index (χ4n) is 3.91. The van der Waals surface area contributed by atoms with Gasteiger partial charge in [0, 0.05) is 30.4 Å². The summed E-state index contributed by atoms with van der Waals surface area (Å²) in [5.41, 5.74) is 1.09. The molecule has 0 atom stereocenters. The lowest BCUT2D eigenvalue weighted by Crippen LogP contribution is -2.33. The van der Waals surface area contributed by atoms with Crippen molar-refractivity contribution in [1.82, 2.24) is 29.5 Å². The second kappa shape index (κ2) is 7.18. The lowest BCUT2D eigenvalue weighted by atomic mass is 9.91. The van der Waals surface area contributed by atoms with Crippen LogP contribution in [0, 0.1) is 0 Å². The fraction of sp³-hybridized carbons (Fsp3) is 0.450. The van der Waals surface area contributed by atoms with Gasteiger partial charge in [0.25, 0.3) is 5.56 Å². The Bertz CT molecular complexity index is 1000. The normalized spacial score (nSPS) is 22.1. The molecule has 28 heavy (non-hydrogen) atoms. The molecule has 3 heterocycles. The number of aromatic nitrogens is 6. The van der Waals surface area contributed by atoms with Gasteiger partial charge >= 0.3 is 0 Å². The fourth-order valence-corrected chi connectivity index (χ4v) is 3.91. The van der Waals surface area contributed by atoms with E-state index in [1.165, 1.54) is 12.8 Å². The number of nitrogens with zero attached hydrogens (tertiary/aromatic N) is 6. The minimum absolute atomic E-state index is 0.0126. The third kappa shape index (κ3) is 3.54. The third-order valence-electron chi connectivity index (χ3n) is 5.60. The summed E-state index contributed by atoms with van der Waals surface area (Å²) < 4.78 is 3.42. The summed E-state index contributed by atoms with van der Waals surface area (Å²) in [4.78, 5) is 21.2. The average Bonchev–Trinajstić information content (AvgIpc) is 3.43. The van der Waals surface area contributed by atoms with Gasteiger partial charge < -0.3 is 5.32 Å². The van der Waals surface area contributed by atoms with Crippen LogP contribution < -0.4 is 10.9 Å². The van der Waals surface area contributed by atoms with Crippen LogP contribution >= 0.6 is 0 Å². The molecule has 5 rings (SSSR count). The standard InChI is InChI=1S/C20H23N7O/c28-20-9-8-17(14-2-3-14)25-27(20)16-6-4-15(5-7-16)23-18-12-21-13-19(24-18)26-11-1-10-22-26/h1,8-16H,2-7H2,(H,23,24). The number of hydrogen-bond donors (Lipinski definition) is 1. The van der Waals surface area contributed by atoms with E-state index in [1.54, 1.807) is 34.0 Å².